The van der Waals surface area contributed by atoms with Gasteiger partial charge in [0.1, 0.15) is 0 Å². The number of hydrogen-bond acceptors (Lipinski definition) is 4. The van der Waals surface area contributed by atoms with Crippen LogP contribution in [-0.4, -0.2) is 46.1 Å². The number of likely N-dealkylation sites (tertiary alicyclic amines) is 1. The van der Waals surface area contributed by atoms with Gasteiger partial charge in [-0.2, -0.15) is 0 Å². The molecule has 110 valence electrons. The van der Waals surface area contributed by atoms with Gasteiger partial charge < -0.3 is 5.32 Å². The van der Waals surface area contributed by atoms with E-state index in [4.69, 9.17) is 0 Å². The van der Waals surface area contributed by atoms with Crippen LogP contribution in [-0.2, 0) is 12.1 Å². The molecule has 1 saturated heterocycles. The maximum absolute atomic E-state index is 4.27. The minimum absolute atomic E-state index is 0. The first kappa shape index (κ1) is 16.4. The lowest BCUT2D eigenvalue weighted by Crippen LogP contribution is -2.40. The summed E-state index contributed by atoms with van der Waals surface area (Å²) < 4.78 is 1.95. The number of nitrogens with one attached hydrogen (secondary N) is 1. The van der Waals surface area contributed by atoms with Gasteiger partial charge in [-0.1, -0.05) is 5.21 Å². The number of nitrogens with zero attached hydrogens (tertiary/aromatic N) is 4. The summed E-state index contributed by atoms with van der Waals surface area (Å²) in [4.78, 5) is 2.46. The van der Waals surface area contributed by atoms with Crippen molar-refractivity contribution in [2.75, 3.05) is 20.1 Å². The Kier molecular flexibility index (Phi) is 5.77. The van der Waals surface area contributed by atoms with Crippen molar-refractivity contribution in [3.05, 3.63) is 11.9 Å². The average molecular weight is 288 g/mol. The third-order valence-corrected chi connectivity index (χ3v) is 3.61. The molecule has 2 heterocycles. The van der Waals surface area contributed by atoms with Crippen LogP contribution >= 0.6 is 12.4 Å². The summed E-state index contributed by atoms with van der Waals surface area (Å²) in [5.41, 5.74) is 1.09. The highest BCUT2D eigenvalue weighted by atomic mass is 35.5. The molecule has 1 fully saturated rings. The predicted octanol–water partition coefficient (Wildman–Crippen LogP) is 1.64. The van der Waals surface area contributed by atoms with Gasteiger partial charge in [0.05, 0.1) is 17.4 Å². The van der Waals surface area contributed by atoms with Crippen molar-refractivity contribution in [3.8, 4) is 0 Å². The molecule has 1 aromatic rings. The molecule has 0 radical (unpaired) electrons. The van der Waals surface area contributed by atoms with Crippen molar-refractivity contribution in [2.24, 2.45) is 0 Å². The molecule has 0 aliphatic carbocycles. The van der Waals surface area contributed by atoms with Gasteiger partial charge in [0.2, 0.25) is 0 Å². The van der Waals surface area contributed by atoms with Gasteiger partial charge in [-0.3, -0.25) is 4.90 Å². The largest absolute Gasteiger partial charge is 0.317 e. The van der Waals surface area contributed by atoms with Gasteiger partial charge in [-0.25, -0.2) is 4.68 Å². The topological polar surface area (TPSA) is 46.0 Å². The minimum atomic E-state index is 0. The number of rotatable bonds is 3. The second kappa shape index (κ2) is 6.68. The zero-order valence-electron chi connectivity index (χ0n) is 12.4. The summed E-state index contributed by atoms with van der Waals surface area (Å²) in [7, 11) is 2.05. The molecule has 1 aliphatic heterocycles. The molecule has 0 bridgehead atoms. The normalized spacial score (nSPS) is 18.3. The van der Waals surface area contributed by atoms with E-state index < -0.39 is 0 Å². The standard InChI is InChI=1S/C13H25N5.ClH/c1-13(2,3)18-10-12(15-16-18)9-17-7-5-11(14-4)6-8-17;/h10-11,14H,5-9H2,1-4H3;1H. The fraction of sp³-hybridized carbons (Fsp3) is 0.846. The summed E-state index contributed by atoms with van der Waals surface area (Å²) in [6, 6.07) is 0.687. The SMILES string of the molecule is CNC1CCN(Cc2cn(C(C)(C)C)nn2)CC1.Cl. The monoisotopic (exact) mass is 287 g/mol. The van der Waals surface area contributed by atoms with Crippen LogP contribution in [0.4, 0.5) is 0 Å². The van der Waals surface area contributed by atoms with Crippen molar-refractivity contribution in [1.29, 1.82) is 0 Å². The smallest absolute Gasteiger partial charge is 0.0967 e. The fourth-order valence-electron chi connectivity index (χ4n) is 2.31. The van der Waals surface area contributed by atoms with E-state index in [1.807, 2.05) is 4.68 Å². The highest BCUT2D eigenvalue weighted by Crippen LogP contribution is 2.15. The molecule has 0 amide bonds. The van der Waals surface area contributed by atoms with Crippen molar-refractivity contribution in [1.82, 2.24) is 25.2 Å². The zero-order chi connectivity index (χ0) is 13.2. The Labute approximate surface area is 122 Å². The van der Waals surface area contributed by atoms with Crippen molar-refractivity contribution in [3.63, 3.8) is 0 Å². The summed E-state index contributed by atoms with van der Waals surface area (Å²) in [6.07, 6.45) is 4.53. The highest BCUT2D eigenvalue weighted by Gasteiger charge is 2.20. The molecule has 0 atom stereocenters. The molecule has 1 aliphatic rings. The molecule has 1 aromatic heterocycles. The molecule has 0 spiro atoms. The van der Waals surface area contributed by atoms with Crippen LogP contribution < -0.4 is 5.32 Å². The first-order chi connectivity index (χ1) is 8.49. The number of hydrogen-bond donors (Lipinski definition) is 1. The molecular formula is C13H26ClN5. The fourth-order valence-corrected chi connectivity index (χ4v) is 2.31. The second-order valence-electron chi connectivity index (χ2n) is 6.16. The first-order valence-corrected chi connectivity index (χ1v) is 6.80. The van der Waals surface area contributed by atoms with E-state index in [9.17, 15) is 0 Å². The van der Waals surface area contributed by atoms with E-state index >= 15 is 0 Å². The third kappa shape index (κ3) is 4.44. The van der Waals surface area contributed by atoms with Crippen molar-refractivity contribution in [2.45, 2.75) is 51.7 Å². The Morgan fingerprint density at radius 2 is 1.95 bits per heavy atom. The van der Waals surface area contributed by atoms with Crippen LogP contribution in [0.1, 0.15) is 39.3 Å². The van der Waals surface area contributed by atoms with Gasteiger partial charge in [0.25, 0.3) is 0 Å². The van der Waals surface area contributed by atoms with Gasteiger partial charge in [-0.05, 0) is 40.7 Å². The van der Waals surface area contributed by atoms with Gasteiger partial charge >= 0.3 is 0 Å². The maximum atomic E-state index is 4.27. The third-order valence-electron chi connectivity index (χ3n) is 3.61. The molecular weight excluding hydrogens is 262 g/mol. The zero-order valence-corrected chi connectivity index (χ0v) is 13.2. The average Bonchev–Trinajstić information content (AvgIpc) is 2.78. The van der Waals surface area contributed by atoms with E-state index in [-0.39, 0.29) is 17.9 Å². The Balaban J connectivity index is 0.00000180. The van der Waals surface area contributed by atoms with Crippen LogP contribution in [0.5, 0.6) is 0 Å². The van der Waals surface area contributed by atoms with Gasteiger partial charge in [0.15, 0.2) is 0 Å². The Morgan fingerprint density at radius 1 is 1.32 bits per heavy atom. The minimum Gasteiger partial charge on any atom is -0.317 e. The maximum Gasteiger partial charge on any atom is 0.0967 e. The Morgan fingerprint density at radius 3 is 2.42 bits per heavy atom. The summed E-state index contributed by atoms with van der Waals surface area (Å²) in [6.45, 7) is 9.64. The number of halogens is 1. The summed E-state index contributed by atoms with van der Waals surface area (Å²) >= 11 is 0. The van der Waals surface area contributed by atoms with E-state index in [2.05, 4.69) is 54.5 Å². The van der Waals surface area contributed by atoms with Gasteiger partial charge in [-0.15, -0.1) is 17.5 Å². The lowest BCUT2D eigenvalue weighted by atomic mass is 10.1. The van der Waals surface area contributed by atoms with E-state index in [0.29, 0.717) is 6.04 Å². The summed E-state index contributed by atoms with van der Waals surface area (Å²) in [5, 5.41) is 11.8. The van der Waals surface area contributed by atoms with Crippen LogP contribution in [0, 0.1) is 0 Å². The molecule has 0 unspecified atom stereocenters. The molecule has 0 saturated carbocycles. The van der Waals surface area contributed by atoms with Gasteiger partial charge in [0, 0.05) is 25.7 Å². The Hall–Kier alpha value is -0.650. The number of piperidine rings is 1. The van der Waals surface area contributed by atoms with Crippen molar-refractivity contribution < 1.29 is 0 Å². The first-order valence-electron chi connectivity index (χ1n) is 6.80. The molecule has 6 heteroatoms. The lowest BCUT2D eigenvalue weighted by Gasteiger charge is -2.31. The lowest BCUT2D eigenvalue weighted by molar-refractivity contribution is 0.192. The molecule has 2 rings (SSSR count). The van der Waals surface area contributed by atoms with Crippen LogP contribution in [0.2, 0.25) is 0 Å². The molecule has 5 nitrogen and oxygen atoms in total. The number of aromatic nitrogens is 3. The predicted molar refractivity (Wildman–Crippen MR) is 79.6 cm³/mol. The quantitative estimate of drug-likeness (QED) is 0.918. The molecule has 0 aromatic carbocycles. The van der Waals surface area contributed by atoms with E-state index in [1.165, 1.54) is 12.8 Å². The summed E-state index contributed by atoms with van der Waals surface area (Å²) in [5.74, 6) is 0. The highest BCUT2D eigenvalue weighted by molar-refractivity contribution is 5.85. The van der Waals surface area contributed by atoms with Crippen LogP contribution in [0.25, 0.3) is 0 Å². The van der Waals surface area contributed by atoms with Crippen LogP contribution in [0.15, 0.2) is 6.20 Å². The van der Waals surface area contributed by atoms with Crippen molar-refractivity contribution >= 4 is 12.4 Å². The second-order valence-corrected chi connectivity index (χ2v) is 6.16. The van der Waals surface area contributed by atoms with E-state index in [0.717, 1.165) is 25.3 Å². The molecule has 1 N–H and O–H groups in total. The molecule has 19 heavy (non-hydrogen) atoms. The van der Waals surface area contributed by atoms with Crippen LogP contribution in [0.3, 0.4) is 0 Å². The van der Waals surface area contributed by atoms with E-state index in [1.54, 1.807) is 0 Å². The Bertz CT molecular complexity index is 377.